The Hall–Kier alpha value is -2.43. The van der Waals surface area contributed by atoms with Gasteiger partial charge in [-0.1, -0.05) is 18.2 Å². The molecule has 2 heterocycles. The van der Waals surface area contributed by atoms with E-state index in [1.54, 1.807) is 12.4 Å². The first-order valence-electron chi connectivity index (χ1n) is 6.20. The summed E-state index contributed by atoms with van der Waals surface area (Å²) in [6.45, 7) is 2.17. The molecule has 1 aliphatic heterocycles. The molecule has 1 aromatic heterocycles. The first-order valence-corrected chi connectivity index (χ1v) is 6.20. The van der Waals surface area contributed by atoms with E-state index in [0.29, 0.717) is 11.7 Å². The molecule has 3 N–H and O–H groups in total. The summed E-state index contributed by atoms with van der Waals surface area (Å²) in [4.78, 5) is 10.7. The van der Waals surface area contributed by atoms with E-state index < -0.39 is 0 Å². The van der Waals surface area contributed by atoms with Crippen molar-refractivity contribution in [2.45, 2.75) is 19.4 Å². The number of benzene rings is 1. The van der Waals surface area contributed by atoms with Crippen LogP contribution in [0, 0.1) is 5.41 Å². The lowest BCUT2D eigenvalue weighted by Gasteiger charge is -2.23. The minimum absolute atomic E-state index is 0.0612. The smallest absolute Gasteiger partial charge is 0.151 e. The van der Waals surface area contributed by atoms with E-state index in [9.17, 15) is 0 Å². The molecule has 5 nitrogen and oxygen atoms in total. The molecule has 0 saturated heterocycles. The predicted molar refractivity (Wildman–Crippen MR) is 74.8 cm³/mol. The van der Waals surface area contributed by atoms with E-state index >= 15 is 0 Å². The number of aromatic nitrogens is 2. The highest BCUT2D eigenvalue weighted by molar-refractivity contribution is 5.92. The Morgan fingerprint density at radius 1 is 1.32 bits per heavy atom. The molecule has 0 aliphatic carbocycles. The van der Waals surface area contributed by atoms with Gasteiger partial charge in [-0.3, -0.25) is 5.41 Å². The van der Waals surface area contributed by atoms with Gasteiger partial charge in [-0.05, 0) is 25.0 Å². The van der Waals surface area contributed by atoms with Gasteiger partial charge in [0.25, 0.3) is 0 Å². The topological polar surface area (TPSA) is 78.9 Å². The molecule has 96 valence electrons. The summed E-state index contributed by atoms with van der Waals surface area (Å²) < 4.78 is 0. The second-order valence-corrected chi connectivity index (χ2v) is 4.73. The van der Waals surface area contributed by atoms with E-state index in [1.807, 2.05) is 6.07 Å². The van der Waals surface area contributed by atoms with Crippen molar-refractivity contribution in [1.29, 1.82) is 5.41 Å². The molecule has 2 aromatic rings. The van der Waals surface area contributed by atoms with E-state index in [2.05, 4.69) is 40.0 Å². The van der Waals surface area contributed by atoms with E-state index in [0.717, 1.165) is 12.2 Å². The summed E-state index contributed by atoms with van der Waals surface area (Å²) in [5.41, 5.74) is 8.30. The Balaban J connectivity index is 2.00. The van der Waals surface area contributed by atoms with E-state index in [-0.39, 0.29) is 5.84 Å². The van der Waals surface area contributed by atoms with Crippen LogP contribution in [-0.2, 0) is 6.42 Å². The Bertz CT molecular complexity index is 620. The van der Waals surface area contributed by atoms with Gasteiger partial charge < -0.3 is 10.6 Å². The summed E-state index contributed by atoms with van der Waals surface area (Å²) in [5, 5.41) is 7.33. The number of nitrogens with two attached hydrogens (primary N) is 1. The number of para-hydroxylation sites is 1. The molecule has 0 amide bonds. The molecule has 1 aliphatic rings. The lowest BCUT2D eigenvalue weighted by atomic mass is 10.1. The Morgan fingerprint density at radius 2 is 2.11 bits per heavy atom. The molecule has 3 rings (SSSR count). The van der Waals surface area contributed by atoms with Crippen molar-refractivity contribution >= 4 is 17.3 Å². The van der Waals surface area contributed by atoms with Crippen molar-refractivity contribution in [2.24, 2.45) is 5.73 Å². The minimum atomic E-state index is -0.0612. The molecule has 0 spiro atoms. The van der Waals surface area contributed by atoms with Crippen LogP contribution in [0.4, 0.5) is 11.5 Å². The summed E-state index contributed by atoms with van der Waals surface area (Å²) in [7, 11) is 0. The van der Waals surface area contributed by atoms with Crippen LogP contribution in [-0.4, -0.2) is 21.8 Å². The van der Waals surface area contributed by atoms with Crippen LogP contribution in [0.1, 0.15) is 18.2 Å². The van der Waals surface area contributed by atoms with Gasteiger partial charge in [0.05, 0.1) is 12.4 Å². The summed E-state index contributed by atoms with van der Waals surface area (Å²) in [6.07, 6.45) is 4.23. The van der Waals surface area contributed by atoms with Gasteiger partial charge in [0.15, 0.2) is 5.82 Å². The Morgan fingerprint density at radius 3 is 2.79 bits per heavy atom. The first kappa shape index (κ1) is 11.6. The van der Waals surface area contributed by atoms with E-state index in [1.165, 1.54) is 11.3 Å². The monoisotopic (exact) mass is 253 g/mol. The minimum Gasteiger partial charge on any atom is -0.382 e. The highest BCUT2D eigenvalue weighted by atomic mass is 15.2. The Labute approximate surface area is 111 Å². The number of hydrogen-bond acceptors (Lipinski definition) is 4. The Kier molecular flexibility index (Phi) is 2.67. The third kappa shape index (κ3) is 1.93. The summed E-state index contributed by atoms with van der Waals surface area (Å²) in [6, 6.07) is 8.68. The molecule has 0 bridgehead atoms. The van der Waals surface area contributed by atoms with Crippen LogP contribution in [0.5, 0.6) is 0 Å². The number of nitrogen functional groups attached to an aromatic ring is 1. The van der Waals surface area contributed by atoms with Crippen molar-refractivity contribution in [3.63, 3.8) is 0 Å². The van der Waals surface area contributed by atoms with Gasteiger partial charge in [0, 0.05) is 11.7 Å². The second kappa shape index (κ2) is 4.35. The zero-order valence-corrected chi connectivity index (χ0v) is 10.7. The molecule has 19 heavy (non-hydrogen) atoms. The number of amidine groups is 1. The fraction of sp³-hybridized carbons (Fsp3) is 0.214. The molecule has 0 saturated carbocycles. The number of hydrogen-bond donors (Lipinski definition) is 2. The number of nitrogens with zero attached hydrogens (tertiary/aromatic N) is 3. The average Bonchev–Trinajstić information content (AvgIpc) is 2.74. The van der Waals surface area contributed by atoms with Crippen LogP contribution in [0.2, 0.25) is 0 Å². The number of nitrogens with one attached hydrogen (secondary N) is 1. The van der Waals surface area contributed by atoms with Gasteiger partial charge in [-0.25, -0.2) is 9.97 Å². The van der Waals surface area contributed by atoms with Gasteiger partial charge in [-0.2, -0.15) is 0 Å². The highest BCUT2D eigenvalue weighted by Gasteiger charge is 2.27. The van der Waals surface area contributed by atoms with Crippen LogP contribution in [0.15, 0.2) is 36.7 Å². The van der Waals surface area contributed by atoms with Crippen molar-refractivity contribution < 1.29 is 0 Å². The zero-order valence-electron chi connectivity index (χ0n) is 10.7. The highest BCUT2D eigenvalue weighted by Crippen LogP contribution is 2.36. The standard InChI is InChI=1S/C14H15N5/c1-9-6-10-4-2-3-5-12(10)19(9)13-8-17-11(7-18-13)14(15)16/h2-5,7-9H,6H2,1H3,(H3,15,16). The fourth-order valence-corrected chi connectivity index (χ4v) is 2.50. The maximum absolute atomic E-state index is 7.33. The van der Waals surface area contributed by atoms with Gasteiger partial charge in [-0.15, -0.1) is 0 Å². The van der Waals surface area contributed by atoms with Crippen LogP contribution >= 0.6 is 0 Å². The van der Waals surface area contributed by atoms with Crippen LogP contribution in [0.3, 0.4) is 0 Å². The van der Waals surface area contributed by atoms with Crippen molar-refractivity contribution in [3.05, 3.63) is 47.9 Å². The third-order valence-electron chi connectivity index (χ3n) is 3.37. The van der Waals surface area contributed by atoms with Crippen molar-refractivity contribution in [2.75, 3.05) is 4.90 Å². The number of fused-ring (bicyclic) bond motifs is 1. The SMILES string of the molecule is CC1Cc2ccccc2N1c1cnc(C(=N)N)cn1. The van der Waals surface area contributed by atoms with Crippen LogP contribution < -0.4 is 10.6 Å². The molecule has 1 aromatic carbocycles. The normalized spacial score (nSPS) is 17.3. The van der Waals surface area contributed by atoms with Gasteiger partial charge >= 0.3 is 0 Å². The fourth-order valence-electron chi connectivity index (χ4n) is 2.50. The second-order valence-electron chi connectivity index (χ2n) is 4.73. The molecule has 0 fully saturated rings. The number of anilines is 2. The summed E-state index contributed by atoms with van der Waals surface area (Å²) >= 11 is 0. The van der Waals surface area contributed by atoms with Crippen LogP contribution in [0.25, 0.3) is 0 Å². The third-order valence-corrected chi connectivity index (χ3v) is 3.37. The predicted octanol–water partition coefficient (Wildman–Crippen LogP) is 1.84. The lowest BCUT2D eigenvalue weighted by Crippen LogP contribution is -2.25. The molecular formula is C14H15N5. The van der Waals surface area contributed by atoms with Crippen molar-refractivity contribution in [3.8, 4) is 0 Å². The maximum atomic E-state index is 7.33. The molecule has 0 radical (unpaired) electrons. The first-order chi connectivity index (χ1) is 9.16. The molecule has 1 unspecified atom stereocenters. The van der Waals surface area contributed by atoms with Crippen molar-refractivity contribution in [1.82, 2.24) is 9.97 Å². The van der Waals surface area contributed by atoms with Gasteiger partial charge in [0.1, 0.15) is 11.5 Å². The maximum Gasteiger partial charge on any atom is 0.151 e. The lowest BCUT2D eigenvalue weighted by molar-refractivity contribution is 0.748. The molecule has 5 heteroatoms. The van der Waals surface area contributed by atoms with Gasteiger partial charge in [0.2, 0.25) is 0 Å². The average molecular weight is 253 g/mol. The zero-order chi connectivity index (χ0) is 13.4. The quantitative estimate of drug-likeness (QED) is 0.632. The molecule has 1 atom stereocenters. The molecular weight excluding hydrogens is 238 g/mol. The number of rotatable bonds is 2. The largest absolute Gasteiger partial charge is 0.382 e. The van der Waals surface area contributed by atoms with E-state index in [4.69, 9.17) is 11.1 Å². The summed E-state index contributed by atoms with van der Waals surface area (Å²) in [5.74, 6) is 0.733.